The van der Waals surface area contributed by atoms with E-state index in [4.69, 9.17) is 17.4 Å². The summed E-state index contributed by atoms with van der Waals surface area (Å²) in [5.74, 6) is 5.57. The molecule has 1 unspecified atom stereocenters. The molecule has 5 heteroatoms. The van der Waals surface area contributed by atoms with E-state index in [0.717, 1.165) is 25.7 Å². The van der Waals surface area contributed by atoms with Gasteiger partial charge in [0.15, 0.2) is 0 Å². The number of halogens is 3. The minimum atomic E-state index is -0.392. The Morgan fingerprint density at radius 3 is 2.37 bits per heavy atom. The topological polar surface area (TPSA) is 38.0 Å². The van der Waals surface area contributed by atoms with Gasteiger partial charge in [-0.15, -0.1) is 0 Å². The van der Waals surface area contributed by atoms with Crippen LogP contribution >= 0.6 is 27.5 Å². The average Bonchev–Trinajstić information content (AvgIpc) is 2.40. The molecule has 0 aromatic heterocycles. The maximum atomic E-state index is 14.3. The van der Waals surface area contributed by atoms with Crippen molar-refractivity contribution in [3.8, 4) is 0 Å². The minimum absolute atomic E-state index is 0.115. The van der Waals surface area contributed by atoms with Crippen LogP contribution in [0.2, 0.25) is 5.02 Å². The molecule has 0 aliphatic heterocycles. The lowest BCUT2D eigenvalue weighted by atomic mass is 9.86. The third-order valence-corrected chi connectivity index (χ3v) is 4.63. The highest BCUT2D eigenvalue weighted by molar-refractivity contribution is 9.10. The lowest BCUT2D eigenvalue weighted by molar-refractivity contribution is 0.312. The number of hydrazine groups is 1. The number of benzene rings is 1. The summed E-state index contributed by atoms with van der Waals surface area (Å²) in [7, 11) is 0. The maximum Gasteiger partial charge on any atom is 0.147 e. The van der Waals surface area contributed by atoms with Gasteiger partial charge in [-0.1, -0.05) is 44.4 Å². The number of nitrogens with two attached hydrogens (primary N) is 1. The largest absolute Gasteiger partial charge is 0.271 e. The molecular formula is C14H21BrClFN2. The van der Waals surface area contributed by atoms with E-state index in [-0.39, 0.29) is 11.1 Å². The summed E-state index contributed by atoms with van der Waals surface area (Å²) in [5.41, 5.74) is 3.31. The Bertz CT molecular complexity index is 409. The van der Waals surface area contributed by atoms with Crippen molar-refractivity contribution >= 4 is 27.5 Å². The van der Waals surface area contributed by atoms with Crippen molar-refractivity contribution in [2.75, 3.05) is 0 Å². The van der Waals surface area contributed by atoms with Crippen molar-refractivity contribution < 1.29 is 4.39 Å². The van der Waals surface area contributed by atoms with Crippen LogP contribution in [0.5, 0.6) is 0 Å². The predicted molar refractivity (Wildman–Crippen MR) is 82.5 cm³/mol. The maximum absolute atomic E-state index is 14.3. The molecule has 108 valence electrons. The molecule has 19 heavy (non-hydrogen) atoms. The summed E-state index contributed by atoms with van der Waals surface area (Å²) < 4.78 is 14.8. The molecule has 0 aliphatic carbocycles. The Hall–Kier alpha value is -0.160. The summed E-state index contributed by atoms with van der Waals surface area (Å²) >= 11 is 9.18. The molecule has 0 amide bonds. The van der Waals surface area contributed by atoms with Crippen LogP contribution in [0.1, 0.15) is 51.1 Å². The van der Waals surface area contributed by atoms with Gasteiger partial charge in [0.1, 0.15) is 5.82 Å². The number of hydrogen-bond donors (Lipinski definition) is 2. The first-order valence-electron chi connectivity index (χ1n) is 6.66. The molecule has 1 atom stereocenters. The number of rotatable bonds is 7. The van der Waals surface area contributed by atoms with Crippen LogP contribution < -0.4 is 11.3 Å². The van der Waals surface area contributed by atoms with E-state index in [2.05, 4.69) is 35.2 Å². The van der Waals surface area contributed by atoms with Gasteiger partial charge in [0.05, 0.1) is 11.1 Å². The highest BCUT2D eigenvalue weighted by Gasteiger charge is 2.25. The first kappa shape index (κ1) is 16.9. The summed E-state index contributed by atoms with van der Waals surface area (Å²) in [4.78, 5) is 0. The second kappa shape index (κ2) is 8.20. The normalized spacial score (nSPS) is 13.0. The molecule has 0 fully saturated rings. The van der Waals surface area contributed by atoms with Crippen LogP contribution in [0.3, 0.4) is 0 Å². The van der Waals surface area contributed by atoms with Crippen molar-refractivity contribution in [3.05, 3.63) is 33.0 Å². The zero-order valence-electron chi connectivity index (χ0n) is 11.3. The molecule has 1 aromatic carbocycles. The standard InChI is InChI=1S/C14H21BrClFN2/c1-3-5-9(6-4-2)14(19-18)10-7-8-11(15)12(16)13(10)17/h7-9,14,19H,3-6,18H2,1-2H3. The highest BCUT2D eigenvalue weighted by Crippen LogP contribution is 2.35. The van der Waals surface area contributed by atoms with Gasteiger partial charge < -0.3 is 0 Å². The molecule has 0 heterocycles. The van der Waals surface area contributed by atoms with Crippen molar-refractivity contribution in [3.63, 3.8) is 0 Å². The predicted octanol–water partition coefficient (Wildman–Crippen LogP) is 4.96. The lowest BCUT2D eigenvalue weighted by Crippen LogP contribution is -2.34. The number of hydrogen-bond acceptors (Lipinski definition) is 2. The van der Waals surface area contributed by atoms with Gasteiger partial charge in [0, 0.05) is 10.0 Å². The Morgan fingerprint density at radius 1 is 1.32 bits per heavy atom. The van der Waals surface area contributed by atoms with E-state index in [0.29, 0.717) is 16.0 Å². The Balaban J connectivity index is 3.10. The summed E-state index contributed by atoms with van der Waals surface area (Å²) in [5, 5.41) is 0.115. The minimum Gasteiger partial charge on any atom is -0.271 e. The van der Waals surface area contributed by atoms with E-state index in [1.54, 1.807) is 12.1 Å². The molecule has 1 rings (SSSR count). The Morgan fingerprint density at radius 2 is 1.89 bits per heavy atom. The average molecular weight is 352 g/mol. The van der Waals surface area contributed by atoms with Gasteiger partial charge >= 0.3 is 0 Å². The Labute approximate surface area is 128 Å². The van der Waals surface area contributed by atoms with Gasteiger partial charge in [-0.3, -0.25) is 11.3 Å². The van der Waals surface area contributed by atoms with E-state index in [9.17, 15) is 4.39 Å². The van der Waals surface area contributed by atoms with E-state index < -0.39 is 5.82 Å². The van der Waals surface area contributed by atoms with E-state index in [1.165, 1.54) is 0 Å². The van der Waals surface area contributed by atoms with Crippen LogP contribution in [-0.4, -0.2) is 0 Å². The quantitative estimate of drug-likeness (QED) is 0.414. The molecule has 0 bridgehead atoms. The molecule has 0 spiro atoms. The molecule has 0 saturated carbocycles. The van der Waals surface area contributed by atoms with Crippen LogP contribution in [-0.2, 0) is 0 Å². The van der Waals surface area contributed by atoms with E-state index >= 15 is 0 Å². The van der Waals surface area contributed by atoms with Crippen LogP contribution in [0.15, 0.2) is 16.6 Å². The zero-order chi connectivity index (χ0) is 14.4. The summed E-state index contributed by atoms with van der Waals surface area (Å²) in [6.07, 6.45) is 4.12. The van der Waals surface area contributed by atoms with Crippen molar-refractivity contribution in [2.45, 2.75) is 45.6 Å². The SMILES string of the molecule is CCCC(CCC)C(NN)c1ccc(Br)c(Cl)c1F. The fourth-order valence-corrected chi connectivity index (χ4v) is 2.96. The van der Waals surface area contributed by atoms with Gasteiger partial charge in [0.25, 0.3) is 0 Å². The van der Waals surface area contributed by atoms with Crippen molar-refractivity contribution in [2.24, 2.45) is 11.8 Å². The third-order valence-electron chi connectivity index (χ3n) is 3.37. The van der Waals surface area contributed by atoms with Gasteiger partial charge in [-0.25, -0.2) is 4.39 Å². The highest BCUT2D eigenvalue weighted by atomic mass is 79.9. The van der Waals surface area contributed by atoms with Gasteiger partial charge in [-0.05, 0) is 40.8 Å². The second-order valence-corrected chi connectivity index (χ2v) is 5.98. The molecule has 0 saturated heterocycles. The fraction of sp³-hybridized carbons (Fsp3) is 0.571. The molecule has 3 N–H and O–H groups in total. The first-order valence-corrected chi connectivity index (χ1v) is 7.83. The molecule has 0 radical (unpaired) electrons. The summed E-state index contributed by atoms with van der Waals surface area (Å²) in [6, 6.07) is 3.30. The van der Waals surface area contributed by atoms with Gasteiger partial charge in [0.2, 0.25) is 0 Å². The first-order chi connectivity index (χ1) is 9.06. The van der Waals surface area contributed by atoms with Crippen LogP contribution in [0.4, 0.5) is 4.39 Å². The van der Waals surface area contributed by atoms with Crippen LogP contribution in [0.25, 0.3) is 0 Å². The third kappa shape index (κ3) is 4.15. The molecular weight excluding hydrogens is 331 g/mol. The lowest BCUT2D eigenvalue weighted by Gasteiger charge is -2.27. The second-order valence-electron chi connectivity index (χ2n) is 4.75. The number of nitrogens with one attached hydrogen (secondary N) is 1. The van der Waals surface area contributed by atoms with E-state index in [1.807, 2.05) is 0 Å². The monoisotopic (exact) mass is 350 g/mol. The molecule has 2 nitrogen and oxygen atoms in total. The zero-order valence-corrected chi connectivity index (χ0v) is 13.7. The van der Waals surface area contributed by atoms with Crippen molar-refractivity contribution in [1.82, 2.24) is 5.43 Å². The Kier molecular flexibility index (Phi) is 7.29. The molecule has 0 aliphatic rings. The summed E-state index contributed by atoms with van der Waals surface area (Å²) in [6.45, 7) is 4.25. The fourth-order valence-electron chi connectivity index (χ4n) is 2.48. The van der Waals surface area contributed by atoms with Crippen LogP contribution in [0, 0.1) is 11.7 Å². The molecule has 1 aromatic rings. The van der Waals surface area contributed by atoms with Crippen molar-refractivity contribution in [1.29, 1.82) is 0 Å². The van der Waals surface area contributed by atoms with Gasteiger partial charge in [-0.2, -0.15) is 0 Å². The smallest absolute Gasteiger partial charge is 0.147 e.